The Labute approximate surface area is 131 Å². The largest absolute Gasteiger partial charge is 0.479 e. The van der Waals surface area contributed by atoms with Gasteiger partial charge in [0.15, 0.2) is 0 Å². The van der Waals surface area contributed by atoms with Gasteiger partial charge in [0.25, 0.3) is 0 Å². The molecular weight excluding hydrogens is 280 g/mol. The Morgan fingerprint density at radius 3 is 2.14 bits per heavy atom. The predicted molar refractivity (Wildman–Crippen MR) is 84.5 cm³/mol. The number of carboxylic acids is 2. The van der Waals surface area contributed by atoms with Crippen molar-refractivity contribution >= 4 is 11.9 Å². The minimum Gasteiger partial charge on any atom is -0.479 e. The van der Waals surface area contributed by atoms with E-state index < -0.39 is 17.4 Å². The summed E-state index contributed by atoms with van der Waals surface area (Å²) in [4.78, 5) is 23.2. The molecule has 0 heterocycles. The number of unbranched alkanes of at least 4 members (excludes halogenated alkanes) is 5. The fourth-order valence-corrected chi connectivity index (χ4v) is 2.22. The van der Waals surface area contributed by atoms with Crippen LogP contribution >= 0.6 is 0 Å². The van der Waals surface area contributed by atoms with Crippen molar-refractivity contribution in [3.05, 3.63) is 35.9 Å². The monoisotopic (exact) mass is 302 g/mol. The van der Waals surface area contributed by atoms with Crippen molar-refractivity contribution in [1.29, 1.82) is 0 Å². The van der Waals surface area contributed by atoms with E-state index in [0.717, 1.165) is 25.7 Å². The second-order valence-electron chi connectivity index (χ2n) is 5.19. The van der Waals surface area contributed by atoms with Crippen LogP contribution in [0, 0.1) is 11.8 Å². The van der Waals surface area contributed by atoms with Gasteiger partial charge in [0.1, 0.15) is 0 Å². The highest BCUT2D eigenvalue weighted by Gasteiger charge is 2.47. The zero-order valence-corrected chi connectivity index (χ0v) is 12.8. The molecule has 0 amide bonds. The molecule has 4 heteroatoms. The van der Waals surface area contributed by atoms with Crippen LogP contribution in [0.4, 0.5) is 0 Å². The molecule has 0 aliphatic rings. The average Bonchev–Trinajstić information content (AvgIpc) is 2.50. The van der Waals surface area contributed by atoms with Gasteiger partial charge >= 0.3 is 11.9 Å². The third kappa shape index (κ3) is 4.36. The molecule has 0 radical (unpaired) electrons. The lowest BCUT2D eigenvalue weighted by atomic mass is 9.81. The van der Waals surface area contributed by atoms with Gasteiger partial charge in [-0.15, -0.1) is 5.92 Å². The maximum absolute atomic E-state index is 11.6. The standard InChI is InChI=1S/C18H22O4/c1-2-3-4-5-6-7-11-14-18(16(19)20,17(21)22)15-12-9-8-10-13-15/h8-10,12-13H,2-7H2,1H3,(H,19,20)(H,21,22). The van der Waals surface area contributed by atoms with E-state index in [1.807, 2.05) is 0 Å². The molecule has 0 aliphatic carbocycles. The fraction of sp³-hybridized carbons (Fsp3) is 0.444. The Bertz CT molecular complexity index is 537. The highest BCUT2D eigenvalue weighted by atomic mass is 16.4. The number of carbonyl (C=O) groups is 2. The summed E-state index contributed by atoms with van der Waals surface area (Å²) in [5.74, 6) is 2.33. The molecule has 0 fully saturated rings. The normalized spacial score (nSPS) is 10.6. The van der Waals surface area contributed by atoms with E-state index in [0.29, 0.717) is 6.42 Å². The van der Waals surface area contributed by atoms with Gasteiger partial charge in [-0.1, -0.05) is 68.9 Å². The zero-order valence-electron chi connectivity index (χ0n) is 12.8. The summed E-state index contributed by atoms with van der Waals surface area (Å²) in [6.45, 7) is 2.13. The summed E-state index contributed by atoms with van der Waals surface area (Å²) in [5.41, 5.74) is -2.02. The van der Waals surface area contributed by atoms with E-state index in [4.69, 9.17) is 0 Å². The second kappa shape index (κ2) is 8.89. The van der Waals surface area contributed by atoms with Gasteiger partial charge in [-0.3, -0.25) is 0 Å². The molecule has 0 saturated heterocycles. The molecule has 0 bridgehead atoms. The van der Waals surface area contributed by atoms with Crippen molar-refractivity contribution in [3.63, 3.8) is 0 Å². The molecule has 0 saturated carbocycles. The molecule has 0 aliphatic heterocycles. The Morgan fingerprint density at radius 2 is 1.59 bits per heavy atom. The molecular formula is C18H22O4. The number of benzene rings is 1. The van der Waals surface area contributed by atoms with Crippen LogP contribution in [0.5, 0.6) is 0 Å². The van der Waals surface area contributed by atoms with Crippen molar-refractivity contribution in [1.82, 2.24) is 0 Å². The number of rotatable bonds is 8. The van der Waals surface area contributed by atoms with Gasteiger partial charge in [-0.2, -0.15) is 0 Å². The van der Waals surface area contributed by atoms with Crippen LogP contribution in [0.15, 0.2) is 30.3 Å². The molecule has 1 rings (SSSR count). The first kappa shape index (κ1) is 17.8. The average molecular weight is 302 g/mol. The first-order valence-electron chi connectivity index (χ1n) is 7.58. The zero-order chi connectivity index (χ0) is 16.4. The van der Waals surface area contributed by atoms with Crippen molar-refractivity contribution in [2.75, 3.05) is 0 Å². The summed E-state index contributed by atoms with van der Waals surface area (Å²) in [5, 5.41) is 18.9. The number of hydrogen-bond donors (Lipinski definition) is 2. The molecule has 0 atom stereocenters. The Hall–Kier alpha value is -2.28. The topological polar surface area (TPSA) is 74.6 Å². The Morgan fingerprint density at radius 1 is 1.00 bits per heavy atom. The molecule has 1 aromatic rings. The molecule has 2 N–H and O–H groups in total. The van der Waals surface area contributed by atoms with Crippen molar-refractivity contribution in [2.45, 2.75) is 50.9 Å². The lowest BCUT2D eigenvalue weighted by Gasteiger charge is -2.19. The third-order valence-corrected chi connectivity index (χ3v) is 3.53. The van der Waals surface area contributed by atoms with Gasteiger partial charge in [-0.25, -0.2) is 9.59 Å². The van der Waals surface area contributed by atoms with Crippen LogP contribution in [0.1, 0.15) is 51.0 Å². The molecule has 0 spiro atoms. The minimum atomic E-state index is -2.19. The predicted octanol–water partition coefficient (Wildman–Crippen LogP) is 3.46. The molecule has 4 nitrogen and oxygen atoms in total. The third-order valence-electron chi connectivity index (χ3n) is 3.53. The maximum atomic E-state index is 11.6. The summed E-state index contributed by atoms with van der Waals surface area (Å²) in [6.07, 6.45) is 5.85. The van der Waals surface area contributed by atoms with E-state index in [-0.39, 0.29) is 5.56 Å². The Balaban J connectivity index is 2.90. The SMILES string of the molecule is CCCCCCCC#CC(C(=O)O)(C(=O)O)c1ccccc1. The van der Waals surface area contributed by atoms with Crippen LogP contribution in [0.2, 0.25) is 0 Å². The van der Waals surface area contributed by atoms with Crippen molar-refractivity contribution < 1.29 is 19.8 Å². The summed E-state index contributed by atoms with van der Waals surface area (Å²) >= 11 is 0. The van der Waals surface area contributed by atoms with Gasteiger partial charge in [0.05, 0.1) is 0 Å². The summed E-state index contributed by atoms with van der Waals surface area (Å²) < 4.78 is 0. The smallest absolute Gasteiger partial charge is 0.338 e. The van der Waals surface area contributed by atoms with Gasteiger partial charge in [0.2, 0.25) is 5.41 Å². The molecule has 118 valence electrons. The van der Waals surface area contributed by atoms with Crippen LogP contribution in [-0.4, -0.2) is 22.2 Å². The van der Waals surface area contributed by atoms with Crippen molar-refractivity contribution in [3.8, 4) is 11.8 Å². The van der Waals surface area contributed by atoms with Crippen molar-refractivity contribution in [2.24, 2.45) is 0 Å². The summed E-state index contributed by atoms with van der Waals surface area (Å²) in [6, 6.07) is 7.90. The van der Waals surface area contributed by atoms with Gasteiger partial charge in [-0.05, 0) is 12.0 Å². The quantitative estimate of drug-likeness (QED) is 0.438. The number of hydrogen-bond acceptors (Lipinski definition) is 2. The van der Waals surface area contributed by atoms with E-state index in [9.17, 15) is 19.8 Å². The first-order chi connectivity index (χ1) is 10.6. The molecule has 0 unspecified atom stereocenters. The van der Waals surface area contributed by atoms with Crippen LogP contribution < -0.4 is 0 Å². The van der Waals surface area contributed by atoms with E-state index in [2.05, 4.69) is 18.8 Å². The van der Waals surface area contributed by atoms with Gasteiger partial charge < -0.3 is 10.2 Å². The van der Waals surface area contributed by atoms with Crippen LogP contribution in [0.25, 0.3) is 0 Å². The van der Waals surface area contributed by atoms with E-state index >= 15 is 0 Å². The maximum Gasteiger partial charge on any atom is 0.338 e. The highest BCUT2D eigenvalue weighted by Crippen LogP contribution is 2.24. The molecule has 1 aromatic carbocycles. The van der Waals surface area contributed by atoms with Crippen LogP contribution in [-0.2, 0) is 15.0 Å². The van der Waals surface area contributed by atoms with Crippen LogP contribution in [0.3, 0.4) is 0 Å². The number of aliphatic carboxylic acids is 2. The second-order valence-corrected chi connectivity index (χ2v) is 5.19. The first-order valence-corrected chi connectivity index (χ1v) is 7.58. The minimum absolute atomic E-state index is 0.175. The summed E-state index contributed by atoms with van der Waals surface area (Å²) in [7, 11) is 0. The lowest BCUT2D eigenvalue weighted by Crippen LogP contribution is -2.42. The fourth-order valence-electron chi connectivity index (χ4n) is 2.22. The van der Waals surface area contributed by atoms with Gasteiger partial charge in [0, 0.05) is 6.42 Å². The highest BCUT2D eigenvalue weighted by molar-refractivity contribution is 6.08. The number of carboxylic acid groups (broad SMARTS) is 2. The lowest BCUT2D eigenvalue weighted by molar-refractivity contribution is -0.154. The molecule has 0 aromatic heterocycles. The Kier molecular flexibility index (Phi) is 7.18. The van der Waals surface area contributed by atoms with E-state index in [1.54, 1.807) is 18.2 Å². The molecule has 22 heavy (non-hydrogen) atoms. The van der Waals surface area contributed by atoms with E-state index in [1.165, 1.54) is 18.6 Å².